The maximum atomic E-state index is 14.2. The fraction of sp³-hybridized carbons (Fsp3) is 0.590. The lowest BCUT2D eigenvalue weighted by Gasteiger charge is -2.43. The van der Waals surface area contributed by atoms with E-state index < -0.39 is 12.0 Å². The second kappa shape index (κ2) is 16.9. The van der Waals surface area contributed by atoms with Crippen LogP contribution in [0.25, 0.3) is 0 Å². The molecular weight excluding hydrogens is 646 g/mol. The van der Waals surface area contributed by atoms with Gasteiger partial charge in [-0.05, 0) is 73.3 Å². The number of rotatable bonds is 10. The molecule has 0 aromatic heterocycles. The van der Waals surface area contributed by atoms with Crippen LogP contribution in [0.3, 0.4) is 0 Å². The number of hydrogen-bond acceptors (Lipinski definition) is 6. The fourth-order valence-electron chi connectivity index (χ4n) is 8.42. The lowest BCUT2D eigenvalue weighted by Crippen LogP contribution is -2.58. The average Bonchev–Trinajstić information content (AvgIpc) is 3.32. The molecule has 2 aromatic carbocycles. The van der Waals surface area contributed by atoms with E-state index in [2.05, 4.69) is 53.6 Å². The Bertz CT molecular complexity index is 1540. The number of hydrogen-bond donors (Lipinski definition) is 3. The summed E-state index contributed by atoms with van der Waals surface area (Å²) < 4.78 is 0. The largest absolute Gasteiger partial charge is 0.480 e. The minimum atomic E-state index is -0.790. The molecule has 2 aromatic rings. The van der Waals surface area contributed by atoms with Gasteiger partial charge in [0.15, 0.2) is 0 Å². The molecular formula is C39H55N7O5. The molecule has 0 aliphatic carbocycles. The summed E-state index contributed by atoms with van der Waals surface area (Å²) in [5, 5.41) is 15.4. The van der Waals surface area contributed by atoms with E-state index >= 15 is 0 Å². The van der Waals surface area contributed by atoms with Crippen LogP contribution in [0.2, 0.25) is 0 Å². The van der Waals surface area contributed by atoms with Gasteiger partial charge in [-0.3, -0.25) is 19.4 Å². The summed E-state index contributed by atoms with van der Waals surface area (Å²) in [6.45, 7) is 10.5. The molecule has 51 heavy (non-hydrogen) atoms. The standard InChI is InChI=1S/C39H55N7O5/c1-3-29-10-9-28(25-30(29)4-2)26-35(37(49)44-16-12-32(13-17-44)43-23-21-42(22-24-43)27-36(47)48)41-38(50)45-18-14-33(15-19-45)46-20-11-31-7-5-6-8-34(31)40-39(46)51/h5-10,25,32-33,35H,3-4,11-24,26-27H2,1-2H3,(H,40,51)(H,41,50)(H,47,48)/t35-/m1/s1. The molecule has 4 heterocycles. The lowest BCUT2D eigenvalue weighted by molar-refractivity contribution is -0.138. The first-order chi connectivity index (χ1) is 24.7. The van der Waals surface area contributed by atoms with E-state index in [1.807, 2.05) is 32.9 Å². The molecule has 0 bridgehead atoms. The van der Waals surface area contributed by atoms with Gasteiger partial charge in [0.05, 0.1) is 6.54 Å². The summed E-state index contributed by atoms with van der Waals surface area (Å²) in [6, 6.07) is 13.8. The van der Waals surface area contributed by atoms with Crippen molar-refractivity contribution in [2.45, 2.75) is 83.3 Å². The second-order valence-corrected chi connectivity index (χ2v) is 14.5. The zero-order chi connectivity index (χ0) is 35.9. The molecule has 0 radical (unpaired) electrons. The smallest absolute Gasteiger partial charge is 0.322 e. The molecule has 3 fully saturated rings. The van der Waals surface area contributed by atoms with Crippen LogP contribution in [0.4, 0.5) is 15.3 Å². The van der Waals surface area contributed by atoms with E-state index in [0.717, 1.165) is 75.1 Å². The first kappa shape index (κ1) is 36.6. The Hall–Kier alpha value is -4.16. The van der Waals surface area contributed by atoms with Crippen molar-refractivity contribution in [1.29, 1.82) is 0 Å². The van der Waals surface area contributed by atoms with Crippen molar-refractivity contribution in [1.82, 2.24) is 29.8 Å². The van der Waals surface area contributed by atoms with E-state index in [9.17, 15) is 19.2 Å². The number of para-hydroxylation sites is 1. The zero-order valence-electron chi connectivity index (χ0n) is 30.3. The minimum Gasteiger partial charge on any atom is -0.480 e. The van der Waals surface area contributed by atoms with Gasteiger partial charge in [0.1, 0.15) is 6.04 Å². The van der Waals surface area contributed by atoms with E-state index in [0.29, 0.717) is 58.0 Å². The molecule has 5 amide bonds. The highest BCUT2D eigenvalue weighted by atomic mass is 16.4. The molecule has 3 saturated heterocycles. The van der Waals surface area contributed by atoms with Crippen LogP contribution in [0.5, 0.6) is 0 Å². The zero-order valence-corrected chi connectivity index (χ0v) is 30.3. The number of urea groups is 2. The van der Waals surface area contributed by atoms with E-state index in [1.165, 1.54) is 11.1 Å². The quantitative estimate of drug-likeness (QED) is 0.345. The average molecular weight is 702 g/mol. The van der Waals surface area contributed by atoms with Gasteiger partial charge in [-0.15, -0.1) is 0 Å². The third kappa shape index (κ3) is 9.02. The number of anilines is 1. The van der Waals surface area contributed by atoms with Crippen molar-refractivity contribution in [3.63, 3.8) is 0 Å². The molecule has 12 nitrogen and oxygen atoms in total. The molecule has 0 saturated carbocycles. The number of nitrogens with one attached hydrogen (secondary N) is 2. The van der Waals surface area contributed by atoms with Gasteiger partial charge in [-0.1, -0.05) is 50.2 Å². The van der Waals surface area contributed by atoms with Crippen molar-refractivity contribution >= 4 is 29.6 Å². The Kier molecular flexibility index (Phi) is 12.1. The molecule has 1 atom stereocenters. The normalized spacial score (nSPS) is 20.4. The highest BCUT2D eigenvalue weighted by molar-refractivity contribution is 5.91. The maximum Gasteiger partial charge on any atom is 0.322 e. The van der Waals surface area contributed by atoms with Crippen LogP contribution >= 0.6 is 0 Å². The first-order valence-electron chi connectivity index (χ1n) is 19.0. The topological polar surface area (TPSA) is 129 Å². The number of benzene rings is 2. The second-order valence-electron chi connectivity index (χ2n) is 14.5. The van der Waals surface area contributed by atoms with Gasteiger partial charge in [0.2, 0.25) is 5.91 Å². The molecule has 3 N–H and O–H groups in total. The van der Waals surface area contributed by atoms with Gasteiger partial charge in [-0.2, -0.15) is 0 Å². The summed E-state index contributed by atoms with van der Waals surface area (Å²) >= 11 is 0. The number of fused-ring (bicyclic) bond motifs is 1. The molecule has 6 rings (SSSR count). The maximum absolute atomic E-state index is 14.2. The highest BCUT2D eigenvalue weighted by Crippen LogP contribution is 2.25. The number of piperazine rings is 1. The van der Waals surface area contributed by atoms with Crippen LogP contribution in [-0.2, 0) is 35.3 Å². The Morgan fingerprint density at radius 2 is 1.49 bits per heavy atom. The lowest BCUT2D eigenvalue weighted by atomic mass is 9.95. The fourth-order valence-corrected chi connectivity index (χ4v) is 8.42. The van der Waals surface area contributed by atoms with Crippen molar-refractivity contribution in [2.75, 3.05) is 70.8 Å². The minimum absolute atomic E-state index is 0.0404. The Labute approximate surface area is 302 Å². The van der Waals surface area contributed by atoms with Gasteiger partial charge in [-0.25, -0.2) is 9.59 Å². The number of likely N-dealkylation sites (tertiary alicyclic amines) is 2. The third-order valence-corrected chi connectivity index (χ3v) is 11.5. The van der Waals surface area contributed by atoms with E-state index in [-0.39, 0.29) is 30.6 Å². The monoisotopic (exact) mass is 701 g/mol. The van der Waals surface area contributed by atoms with Crippen LogP contribution in [0.15, 0.2) is 42.5 Å². The molecule has 12 heteroatoms. The van der Waals surface area contributed by atoms with Crippen LogP contribution < -0.4 is 10.6 Å². The number of carbonyl (C=O) groups excluding carboxylic acids is 3. The molecule has 4 aliphatic rings. The highest BCUT2D eigenvalue weighted by Gasteiger charge is 2.35. The van der Waals surface area contributed by atoms with Crippen molar-refractivity contribution in [3.05, 3.63) is 64.7 Å². The van der Waals surface area contributed by atoms with Gasteiger partial charge < -0.3 is 30.4 Å². The number of piperidine rings is 2. The number of aryl methyl sites for hydroxylation is 2. The summed E-state index contributed by atoms with van der Waals surface area (Å²) in [6.07, 6.45) is 6.18. The number of carbonyl (C=O) groups is 4. The summed E-state index contributed by atoms with van der Waals surface area (Å²) in [4.78, 5) is 62.4. The van der Waals surface area contributed by atoms with Crippen molar-refractivity contribution < 1.29 is 24.3 Å². The predicted molar refractivity (Wildman–Crippen MR) is 197 cm³/mol. The Morgan fingerprint density at radius 1 is 0.824 bits per heavy atom. The number of carboxylic acids is 1. The van der Waals surface area contributed by atoms with Gasteiger partial charge >= 0.3 is 18.0 Å². The van der Waals surface area contributed by atoms with Crippen molar-refractivity contribution in [2.24, 2.45) is 0 Å². The third-order valence-electron chi connectivity index (χ3n) is 11.5. The van der Waals surface area contributed by atoms with Crippen molar-refractivity contribution in [3.8, 4) is 0 Å². The summed E-state index contributed by atoms with van der Waals surface area (Å²) in [5.74, 6) is -0.830. The first-order valence-corrected chi connectivity index (χ1v) is 19.0. The SMILES string of the molecule is CCc1ccc(C[C@@H](NC(=O)N2CCC(N3CCc4ccccc4NC3=O)CC2)C(=O)N2CCC(N3CCN(CC(=O)O)CC3)CC2)cc1CC. The molecule has 0 unspecified atom stereocenters. The summed E-state index contributed by atoms with van der Waals surface area (Å²) in [5.41, 5.74) is 5.64. The van der Waals surface area contributed by atoms with Gasteiger partial charge in [0, 0.05) is 83.1 Å². The van der Waals surface area contributed by atoms with Crippen LogP contribution in [0.1, 0.15) is 61.8 Å². The Balaban J connectivity index is 1.07. The molecule has 0 spiro atoms. The number of amides is 5. The molecule has 276 valence electrons. The van der Waals surface area contributed by atoms with Crippen LogP contribution in [0, 0.1) is 0 Å². The summed E-state index contributed by atoms with van der Waals surface area (Å²) in [7, 11) is 0. The number of aliphatic carboxylic acids is 1. The Morgan fingerprint density at radius 3 is 2.18 bits per heavy atom. The van der Waals surface area contributed by atoms with E-state index in [4.69, 9.17) is 5.11 Å². The van der Waals surface area contributed by atoms with E-state index in [1.54, 1.807) is 4.90 Å². The number of nitrogens with zero attached hydrogens (tertiary/aromatic N) is 5. The van der Waals surface area contributed by atoms with Crippen LogP contribution in [-0.4, -0.2) is 137 Å². The predicted octanol–water partition coefficient (Wildman–Crippen LogP) is 3.68. The van der Waals surface area contributed by atoms with Gasteiger partial charge in [0.25, 0.3) is 0 Å². The molecule has 4 aliphatic heterocycles. The number of carboxylic acid groups (broad SMARTS) is 1.